The molecule has 2 atom stereocenters. The molecule has 1 N–H and O–H groups in total. The number of alkyl halides is 2. The molecule has 1 heterocycles. The lowest BCUT2D eigenvalue weighted by Crippen LogP contribution is -2.49. The molecule has 0 aliphatic carbocycles. The van der Waals surface area contributed by atoms with Crippen LogP contribution in [0.3, 0.4) is 0 Å². The highest BCUT2D eigenvalue weighted by molar-refractivity contribution is 9.12. The van der Waals surface area contributed by atoms with Crippen molar-refractivity contribution in [2.24, 2.45) is 0 Å². The standard InChI is InChI=1S/C3H5Br2N/c4-2-1-6-3(2)5/h2-3,6H,1H2/t2?,3-/m1/s1. The van der Waals surface area contributed by atoms with Gasteiger partial charge >= 0.3 is 0 Å². The van der Waals surface area contributed by atoms with E-state index in [9.17, 15) is 0 Å². The molecule has 1 aliphatic rings. The summed E-state index contributed by atoms with van der Waals surface area (Å²) in [5.41, 5.74) is 0. The van der Waals surface area contributed by atoms with Gasteiger partial charge in [0.05, 0.1) is 9.78 Å². The first-order valence-electron chi connectivity index (χ1n) is 1.82. The van der Waals surface area contributed by atoms with E-state index in [0.29, 0.717) is 9.78 Å². The maximum atomic E-state index is 3.42. The highest BCUT2D eigenvalue weighted by atomic mass is 79.9. The van der Waals surface area contributed by atoms with Gasteiger partial charge in [-0.25, -0.2) is 0 Å². The Labute approximate surface area is 53.7 Å². The van der Waals surface area contributed by atoms with E-state index in [1.165, 1.54) is 0 Å². The van der Waals surface area contributed by atoms with E-state index in [4.69, 9.17) is 0 Å². The molecule has 0 spiro atoms. The van der Waals surface area contributed by atoms with E-state index < -0.39 is 0 Å². The Morgan fingerprint density at radius 3 is 2.00 bits per heavy atom. The molecule has 1 aliphatic heterocycles. The molecule has 0 aromatic carbocycles. The summed E-state index contributed by atoms with van der Waals surface area (Å²) in [6.07, 6.45) is 0. The van der Waals surface area contributed by atoms with Crippen LogP contribution in [0.1, 0.15) is 0 Å². The monoisotopic (exact) mass is 213 g/mol. The second kappa shape index (κ2) is 1.80. The zero-order valence-electron chi connectivity index (χ0n) is 3.12. The van der Waals surface area contributed by atoms with Gasteiger partial charge in [0, 0.05) is 6.54 Å². The zero-order valence-corrected chi connectivity index (χ0v) is 6.29. The van der Waals surface area contributed by atoms with E-state index in [2.05, 4.69) is 37.2 Å². The largest absolute Gasteiger partial charge is 0.303 e. The molecule has 1 rings (SSSR count). The third-order valence-electron chi connectivity index (χ3n) is 0.825. The molecule has 0 aromatic rings. The molecule has 0 saturated carbocycles. The van der Waals surface area contributed by atoms with Crippen LogP contribution in [0.4, 0.5) is 0 Å². The van der Waals surface area contributed by atoms with Crippen LogP contribution in [0.25, 0.3) is 0 Å². The van der Waals surface area contributed by atoms with Gasteiger partial charge in [0.1, 0.15) is 0 Å². The molecule has 6 heavy (non-hydrogen) atoms. The van der Waals surface area contributed by atoms with Crippen LogP contribution in [-0.2, 0) is 0 Å². The lowest BCUT2D eigenvalue weighted by molar-refractivity contribution is 0.518. The van der Waals surface area contributed by atoms with Gasteiger partial charge in [-0.3, -0.25) is 0 Å². The Kier molecular flexibility index (Phi) is 1.52. The number of hydrogen-bond donors (Lipinski definition) is 1. The summed E-state index contributed by atoms with van der Waals surface area (Å²) in [6, 6.07) is 0. The van der Waals surface area contributed by atoms with Gasteiger partial charge in [-0.2, -0.15) is 0 Å². The normalized spacial score (nSPS) is 45.0. The van der Waals surface area contributed by atoms with Crippen LogP contribution in [0.15, 0.2) is 0 Å². The number of hydrogen-bond acceptors (Lipinski definition) is 1. The molecule has 0 bridgehead atoms. The number of halogens is 2. The molecule has 1 fully saturated rings. The van der Waals surface area contributed by atoms with Gasteiger partial charge in [-0.05, 0) is 0 Å². The first kappa shape index (κ1) is 5.06. The van der Waals surface area contributed by atoms with Gasteiger partial charge < -0.3 is 5.32 Å². The Morgan fingerprint density at radius 1 is 1.50 bits per heavy atom. The summed E-state index contributed by atoms with van der Waals surface area (Å²) in [6.45, 7) is 1.09. The smallest absolute Gasteiger partial charge is 0.0770 e. The third-order valence-corrected chi connectivity index (χ3v) is 3.35. The molecule has 1 nitrogen and oxygen atoms in total. The maximum absolute atomic E-state index is 3.42. The SMILES string of the molecule is BrC1CN[C@H]1Br. The predicted octanol–water partition coefficient (Wildman–Crippen LogP) is 1.07. The van der Waals surface area contributed by atoms with Gasteiger partial charge in [0.2, 0.25) is 0 Å². The second-order valence-electron chi connectivity index (χ2n) is 1.33. The molecule has 0 amide bonds. The van der Waals surface area contributed by atoms with E-state index in [0.717, 1.165) is 6.54 Å². The number of nitrogens with one attached hydrogen (secondary N) is 1. The van der Waals surface area contributed by atoms with Crippen LogP contribution >= 0.6 is 31.9 Å². The van der Waals surface area contributed by atoms with E-state index in [1.54, 1.807) is 0 Å². The minimum atomic E-state index is 0.512. The minimum absolute atomic E-state index is 0.512. The minimum Gasteiger partial charge on any atom is -0.303 e. The van der Waals surface area contributed by atoms with Crippen molar-refractivity contribution in [3.05, 3.63) is 0 Å². The molecule has 0 aromatic heterocycles. The first-order valence-corrected chi connectivity index (χ1v) is 3.65. The Hall–Kier alpha value is 0.920. The fraction of sp³-hybridized carbons (Fsp3) is 1.00. The van der Waals surface area contributed by atoms with Crippen molar-refractivity contribution in [2.45, 2.75) is 9.78 Å². The van der Waals surface area contributed by atoms with E-state index in [1.807, 2.05) is 0 Å². The van der Waals surface area contributed by atoms with Gasteiger partial charge in [-0.15, -0.1) is 0 Å². The summed E-state index contributed by atoms with van der Waals surface area (Å²) in [5.74, 6) is 0. The average Bonchev–Trinajstić information content (AvgIpc) is 1.61. The van der Waals surface area contributed by atoms with Crippen molar-refractivity contribution in [3.8, 4) is 0 Å². The fourth-order valence-corrected chi connectivity index (χ4v) is 1.04. The van der Waals surface area contributed by atoms with Gasteiger partial charge in [-0.1, -0.05) is 31.9 Å². The molecular weight excluding hydrogens is 210 g/mol. The summed E-state index contributed by atoms with van der Waals surface area (Å²) in [4.78, 5) is 1.16. The average molecular weight is 215 g/mol. The third kappa shape index (κ3) is 0.768. The highest BCUT2D eigenvalue weighted by Crippen LogP contribution is 2.17. The summed E-state index contributed by atoms with van der Waals surface area (Å²) < 4.78 is 0. The van der Waals surface area contributed by atoms with Crippen LogP contribution in [-0.4, -0.2) is 16.3 Å². The van der Waals surface area contributed by atoms with Crippen molar-refractivity contribution in [1.29, 1.82) is 0 Å². The summed E-state index contributed by atoms with van der Waals surface area (Å²) >= 11 is 6.78. The Morgan fingerprint density at radius 2 is 2.00 bits per heavy atom. The second-order valence-corrected chi connectivity index (χ2v) is 3.49. The van der Waals surface area contributed by atoms with Crippen molar-refractivity contribution < 1.29 is 0 Å². The molecule has 1 saturated heterocycles. The molecule has 36 valence electrons. The van der Waals surface area contributed by atoms with Gasteiger partial charge in [0.25, 0.3) is 0 Å². The quantitative estimate of drug-likeness (QED) is 0.470. The number of rotatable bonds is 0. The summed E-state index contributed by atoms with van der Waals surface area (Å²) in [5, 5.41) is 3.13. The zero-order chi connectivity index (χ0) is 4.57. The van der Waals surface area contributed by atoms with Crippen molar-refractivity contribution >= 4 is 31.9 Å². The van der Waals surface area contributed by atoms with Crippen LogP contribution in [0.2, 0.25) is 0 Å². The van der Waals surface area contributed by atoms with E-state index >= 15 is 0 Å². The maximum Gasteiger partial charge on any atom is 0.0770 e. The van der Waals surface area contributed by atoms with Crippen LogP contribution in [0.5, 0.6) is 0 Å². The first-order chi connectivity index (χ1) is 2.80. The van der Waals surface area contributed by atoms with Gasteiger partial charge in [0.15, 0.2) is 0 Å². The lowest BCUT2D eigenvalue weighted by atomic mass is 10.3. The highest BCUT2D eigenvalue weighted by Gasteiger charge is 2.23. The lowest BCUT2D eigenvalue weighted by Gasteiger charge is -2.28. The van der Waals surface area contributed by atoms with Crippen LogP contribution < -0.4 is 5.32 Å². The van der Waals surface area contributed by atoms with Crippen molar-refractivity contribution in [1.82, 2.24) is 5.32 Å². The summed E-state index contributed by atoms with van der Waals surface area (Å²) in [7, 11) is 0. The Balaban J connectivity index is 2.20. The fourth-order valence-electron chi connectivity index (χ4n) is 0.296. The van der Waals surface area contributed by atoms with Crippen LogP contribution in [0, 0.1) is 0 Å². The molecule has 0 radical (unpaired) electrons. The van der Waals surface area contributed by atoms with Crippen molar-refractivity contribution in [2.75, 3.05) is 6.54 Å². The Bertz CT molecular complexity index is 48.8. The topological polar surface area (TPSA) is 12.0 Å². The molecular formula is C3H5Br2N. The van der Waals surface area contributed by atoms with E-state index in [-0.39, 0.29) is 0 Å². The van der Waals surface area contributed by atoms with Crippen molar-refractivity contribution in [3.63, 3.8) is 0 Å². The molecule has 1 unspecified atom stereocenters. The molecule has 3 heteroatoms. The predicted molar refractivity (Wildman–Crippen MR) is 33.4 cm³/mol.